The fraction of sp³-hybridized carbons (Fsp3) is 0.333. The first kappa shape index (κ1) is 24.2. The van der Waals surface area contributed by atoms with E-state index in [0.717, 1.165) is 32.2 Å². The van der Waals surface area contributed by atoms with Gasteiger partial charge in [-0.05, 0) is 48.6 Å². The summed E-state index contributed by atoms with van der Waals surface area (Å²) in [6.45, 7) is 3.21. The highest BCUT2D eigenvalue weighted by atomic mass is 32.2. The molecule has 2 aliphatic heterocycles. The van der Waals surface area contributed by atoms with E-state index in [4.69, 9.17) is 9.47 Å². The number of hydrogen-bond acceptors (Lipinski definition) is 6. The Morgan fingerprint density at radius 1 is 1.09 bits per heavy atom. The van der Waals surface area contributed by atoms with E-state index in [1.807, 2.05) is 0 Å². The number of nitrogens with zero attached hydrogens (tertiary/aromatic N) is 3. The molecule has 0 unspecified atom stereocenters. The zero-order valence-corrected chi connectivity index (χ0v) is 19.6. The summed E-state index contributed by atoms with van der Waals surface area (Å²) in [6.07, 6.45) is -2.73. The van der Waals surface area contributed by atoms with E-state index < -0.39 is 11.7 Å². The number of thioether (sulfide) groups is 1. The van der Waals surface area contributed by atoms with Crippen LogP contribution in [0.5, 0.6) is 11.5 Å². The van der Waals surface area contributed by atoms with Crippen molar-refractivity contribution in [1.29, 1.82) is 0 Å². The molecule has 2 aromatic rings. The molecule has 0 atom stereocenters. The van der Waals surface area contributed by atoms with E-state index in [1.165, 1.54) is 37.1 Å². The van der Waals surface area contributed by atoms with Crippen molar-refractivity contribution in [2.45, 2.75) is 12.8 Å². The molecule has 1 saturated heterocycles. The number of ether oxygens (including phenoxy) is 2. The summed E-state index contributed by atoms with van der Waals surface area (Å²) >= 11 is 1.34. The Hall–Kier alpha value is -2.98. The van der Waals surface area contributed by atoms with E-state index in [0.29, 0.717) is 27.1 Å². The topological polar surface area (TPSA) is 54.4 Å². The van der Waals surface area contributed by atoms with Gasteiger partial charge in [0.15, 0.2) is 16.7 Å². The molecule has 2 aliphatic rings. The number of halogens is 3. The molecule has 0 bridgehead atoms. The van der Waals surface area contributed by atoms with Gasteiger partial charge in [-0.25, -0.2) is 0 Å². The number of alkyl halides is 3. The van der Waals surface area contributed by atoms with Gasteiger partial charge in [-0.3, -0.25) is 4.79 Å². The van der Waals surface area contributed by atoms with Crippen molar-refractivity contribution in [3.05, 3.63) is 64.1 Å². The molecular formula is C24H24F3N3O3S. The van der Waals surface area contributed by atoms with E-state index >= 15 is 0 Å². The van der Waals surface area contributed by atoms with Crippen molar-refractivity contribution in [3.63, 3.8) is 0 Å². The molecule has 0 N–H and O–H groups in total. The van der Waals surface area contributed by atoms with Crippen LogP contribution in [0.2, 0.25) is 0 Å². The van der Waals surface area contributed by atoms with Crippen LogP contribution in [0.3, 0.4) is 0 Å². The second-order valence-electron chi connectivity index (χ2n) is 7.95. The molecule has 0 saturated carbocycles. The maximum atomic E-state index is 13.2. The van der Waals surface area contributed by atoms with Gasteiger partial charge in [0, 0.05) is 31.7 Å². The zero-order chi connectivity index (χ0) is 24.3. The Kier molecular flexibility index (Phi) is 7.18. The summed E-state index contributed by atoms with van der Waals surface area (Å²) in [5, 5.41) is 0.708. The monoisotopic (exact) mass is 491 g/mol. The molecule has 2 heterocycles. The molecule has 0 aromatic heterocycles. The molecule has 0 radical (unpaired) electrons. The van der Waals surface area contributed by atoms with Gasteiger partial charge in [0.1, 0.15) is 6.61 Å². The SMILES string of the molecule is COc1cc(/C=C2/SC(N3CCN(C)CC3)=NC2=O)ccc1OCc1ccccc1C(F)(F)F. The summed E-state index contributed by atoms with van der Waals surface area (Å²) < 4.78 is 50.7. The van der Waals surface area contributed by atoms with Crippen molar-refractivity contribution >= 4 is 28.9 Å². The summed E-state index contributed by atoms with van der Waals surface area (Å²) in [5.41, 5.74) is -0.00130. The highest BCUT2D eigenvalue weighted by Crippen LogP contribution is 2.35. The van der Waals surface area contributed by atoms with E-state index in [2.05, 4.69) is 21.8 Å². The fourth-order valence-electron chi connectivity index (χ4n) is 3.65. The molecule has 1 fully saturated rings. The van der Waals surface area contributed by atoms with Crippen LogP contribution in [-0.4, -0.2) is 61.2 Å². The lowest BCUT2D eigenvalue weighted by atomic mass is 10.1. The zero-order valence-electron chi connectivity index (χ0n) is 18.8. The van der Waals surface area contributed by atoms with Gasteiger partial charge in [0.25, 0.3) is 5.91 Å². The fourth-order valence-corrected chi connectivity index (χ4v) is 4.62. The third kappa shape index (κ3) is 5.56. The lowest BCUT2D eigenvalue weighted by molar-refractivity contribution is -0.138. The Labute approximate surface area is 200 Å². The Balaban J connectivity index is 1.46. The van der Waals surface area contributed by atoms with Gasteiger partial charge in [0.2, 0.25) is 0 Å². The minimum absolute atomic E-state index is 0.0322. The van der Waals surface area contributed by atoms with Crippen LogP contribution in [0, 0.1) is 0 Å². The Morgan fingerprint density at radius 2 is 1.82 bits per heavy atom. The minimum atomic E-state index is -4.46. The summed E-state index contributed by atoms with van der Waals surface area (Å²) in [5.74, 6) is 0.373. The molecule has 4 rings (SSSR count). The summed E-state index contributed by atoms with van der Waals surface area (Å²) in [4.78, 5) is 21.5. The number of amidine groups is 1. The lowest BCUT2D eigenvalue weighted by Crippen LogP contribution is -2.46. The molecule has 6 nitrogen and oxygen atoms in total. The first-order valence-corrected chi connectivity index (χ1v) is 11.5. The summed E-state index contributed by atoms with van der Waals surface area (Å²) in [7, 11) is 3.51. The number of amides is 1. The van der Waals surface area contributed by atoms with Crippen molar-refractivity contribution in [3.8, 4) is 11.5 Å². The number of methoxy groups -OCH3 is 1. The number of benzene rings is 2. The number of likely N-dealkylation sites (N-methyl/N-ethyl adjacent to an activating group) is 1. The van der Waals surface area contributed by atoms with Crippen molar-refractivity contribution in [1.82, 2.24) is 9.80 Å². The van der Waals surface area contributed by atoms with Crippen molar-refractivity contribution < 1.29 is 27.4 Å². The molecule has 2 aromatic carbocycles. The van der Waals surface area contributed by atoms with Crippen LogP contribution >= 0.6 is 11.8 Å². The quantitative estimate of drug-likeness (QED) is 0.574. The first-order valence-electron chi connectivity index (χ1n) is 10.7. The van der Waals surface area contributed by atoms with Gasteiger partial charge in [-0.15, -0.1) is 0 Å². The van der Waals surface area contributed by atoms with E-state index in [9.17, 15) is 18.0 Å². The third-order valence-electron chi connectivity index (χ3n) is 5.57. The average Bonchev–Trinajstić information content (AvgIpc) is 3.18. The van der Waals surface area contributed by atoms with Crippen LogP contribution in [-0.2, 0) is 17.6 Å². The van der Waals surface area contributed by atoms with Crippen molar-refractivity contribution in [2.75, 3.05) is 40.3 Å². The normalized spacial score (nSPS) is 18.4. The number of carbonyl (C=O) groups excluding carboxylic acids is 1. The minimum Gasteiger partial charge on any atom is -0.493 e. The second kappa shape index (κ2) is 10.1. The van der Waals surface area contributed by atoms with Crippen molar-refractivity contribution in [2.24, 2.45) is 4.99 Å². The van der Waals surface area contributed by atoms with Gasteiger partial charge in [0.05, 0.1) is 17.6 Å². The standard InChI is InChI=1S/C24H24F3N3O3S/c1-29-9-11-30(12-10-29)23-28-22(31)21(34-23)14-16-7-8-19(20(13-16)32-2)33-15-17-5-3-4-6-18(17)24(25,26)27/h3-8,13-14H,9-12,15H2,1-2H3/b21-14+. The first-order chi connectivity index (χ1) is 16.2. The summed E-state index contributed by atoms with van der Waals surface area (Å²) in [6, 6.07) is 10.3. The number of carbonyl (C=O) groups is 1. The van der Waals surface area contributed by atoms with Gasteiger partial charge in [-0.1, -0.05) is 24.3 Å². The van der Waals surface area contributed by atoms with Crippen LogP contribution < -0.4 is 9.47 Å². The maximum absolute atomic E-state index is 13.2. The van der Waals surface area contributed by atoms with Crippen LogP contribution in [0.1, 0.15) is 16.7 Å². The van der Waals surface area contributed by atoms with Gasteiger partial charge in [-0.2, -0.15) is 18.2 Å². The average molecular weight is 492 g/mol. The number of hydrogen-bond donors (Lipinski definition) is 0. The van der Waals surface area contributed by atoms with Crippen LogP contribution in [0.25, 0.3) is 6.08 Å². The number of aliphatic imine (C=N–C) groups is 1. The highest BCUT2D eigenvalue weighted by Gasteiger charge is 2.33. The van der Waals surface area contributed by atoms with Gasteiger partial charge >= 0.3 is 6.18 Å². The molecule has 10 heteroatoms. The smallest absolute Gasteiger partial charge is 0.416 e. The highest BCUT2D eigenvalue weighted by molar-refractivity contribution is 8.18. The lowest BCUT2D eigenvalue weighted by Gasteiger charge is -2.32. The molecule has 1 amide bonds. The Bertz CT molecular complexity index is 1130. The molecule has 0 spiro atoms. The number of rotatable bonds is 5. The molecular weight excluding hydrogens is 467 g/mol. The van der Waals surface area contributed by atoms with E-state index in [1.54, 1.807) is 24.3 Å². The molecule has 180 valence electrons. The molecule has 0 aliphatic carbocycles. The maximum Gasteiger partial charge on any atom is 0.416 e. The third-order valence-corrected chi connectivity index (χ3v) is 6.62. The van der Waals surface area contributed by atoms with Crippen LogP contribution in [0.4, 0.5) is 13.2 Å². The second-order valence-corrected chi connectivity index (χ2v) is 8.96. The molecule has 34 heavy (non-hydrogen) atoms. The number of piperazine rings is 1. The van der Waals surface area contributed by atoms with Gasteiger partial charge < -0.3 is 19.3 Å². The Morgan fingerprint density at radius 3 is 2.53 bits per heavy atom. The predicted octanol–water partition coefficient (Wildman–Crippen LogP) is 4.51. The van der Waals surface area contributed by atoms with E-state index in [-0.39, 0.29) is 18.1 Å². The largest absolute Gasteiger partial charge is 0.493 e. The van der Waals surface area contributed by atoms with Crippen LogP contribution in [0.15, 0.2) is 52.4 Å². The predicted molar refractivity (Wildman–Crippen MR) is 126 cm³/mol.